The van der Waals surface area contributed by atoms with Crippen LogP contribution in [0.3, 0.4) is 0 Å². The van der Waals surface area contributed by atoms with E-state index in [0.717, 1.165) is 18.5 Å². The maximum Gasteiger partial charge on any atom is 0.223 e. The molecule has 0 radical (unpaired) electrons. The summed E-state index contributed by atoms with van der Waals surface area (Å²) in [7, 11) is 0. The van der Waals surface area contributed by atoms with E-state index < -0.39 is 0 Å². The van der Waals surface area contributed by atoms with Crippen molar-refractivity contribution >= 4 is 5.91 Å². The van der Waals surface area contributed by atoms with Crippen molar-refractivity contribution < 1.29 is 4.79 Å². The molecular formula is C16H24N2O. The van der Waals surface area contributed by atoms with Crippen LogP contribution in [0.1, 0.15) is 43.9 Å². The summed E-state index contributed by atoms with van der Waals surface area (Å²) in [5, 5.41) is 0. The predicted molar refractivity (Wildman–Crippen MR) is 77.7 cm³/mol. The summed E-state index contributed by atoms with van der Waals surface area (Å²) >= 11 is 0. The quantitative estimate of drug-likeness (QED) is 0.904. The zero-order valence-electron chi connectivity index (χ0n) is 12.1. The highest BCUT2D eigenvalue weighted by atomic mass is 16.2. The van der Waals surface area contributed by atoms with Crippen LogP contribution in [0.4, 0.5) is 0 Å². The maximum absolute atomic E-state index is 12.0. The molecule has 0 aliphatic carbocycles. The summed E-state index contributed by atoms with van der Waals surface area (Å²) in [4.78, 5) is 14.0. The molecule has 3 heteroatoms. The summed E-state index contributed by atoms with van der Waals surface area (Å²) in [5.74, 6) is 0.492. The molecule has 1 aliphatic heterocycles. The molecule has 1 aromatic rings. The van der Waals surface area contributed by atoms with Gasteiger partial charge < -0.3 is 10.6 Å². The Morgan fingerprint density at radius 2 is 2.00 bits per heavy atom. The number of nitrogens with two attached hydrogens (primary N) is 1. The lowest BCUT2D eigenvalue weighted by molar-refractivity contribution is -0.129. The largest absolute Gasteiger partial charge is 0.340 e. The number of rotatable bonds is 4. The van der Waals surface area contributed by atoms with Crippen LogP contribution in [-0.2, 0) is 4.79 Å². The SMILES string of the molecule is CCC(C)N1CC(C(N)c2ccc(C)cc2)CC1=O. The van der Waals surface area contributed by atoms with Gasteiger partial charge in [-0.15, -0.1) is 0 Å². The van der Waals surface area contributed by atoms with Gasteiger partial charge in [-0.2, -0.15) is 0 Å². The highest BCUT2D eigenvalue weighted by Crippen LogP contribution is 2.30. The molecule has 1 aromatic carbocycles. The molecule has 1 saturated heterocycles. The van der Waals surface area contributed by atoms with E-state index in [-0.39, 0.29) is 17.9 Å². The molecule has 1 fully saturated rings. The second-order valence-electron chi connectivity index (χ2n) is 5.70. The number of hydrogen-bond donors (Lipinski definition) is 1. The van der Waals surface area contributed by atoms with Gasteiger partial charge >= 0.3 is 0 Å². The third-order valence-corrected chi connectivity index (χ3v) is 4.28. The van der Waals surface area contributed by atoms with E-state index >= 15 is 0 Å². The molecule has 0 aromatic heterocycles. The van der Waals surface area contributed by atoms with Crippen LogP contribution < -0.4 is 5.73 Å². The van der Waals surface area contributed by atoms with Crippen LogP contribution in [0.25, 0.3) is 0 Å². The fraction of sp³-hybridized carbons (Fsp3) is 0.562. The van der Waals surface area contributed by atoms with Crippen LogP contribution in [-0.4, -0.2) is 23.4 Å². The van der Waals surface area contributed by atoms with Gasteiger partial charge in [-0.25, -0.2) is 0 Å². The van der Waals surface area contributed by atoms with Crippen molar-refractivity contribution in [2.45, 2.75) is 45.7 Å². The zero-order valence-corrected chi connectivity index (χ0v) is 12.1. The van der Waals surface area contributed by atoms with Gasteiger partial charge in [-0.05, 0) is 25.8 Å². The number of hydrogen-bond acceptors (Lipinski definition) is 2. The molecule has 2 rings (SSSR count). The molecule has 0 bridgehead atoms. The molecule has 0 saturated carbocycles. The predicted octanol–water partition coefficient (Wildman–Crippen LogP) is 2.64. The highest BCUT2D eigenvalue weighted by molar-refractivity contribution is 5.79. The van der Waals surface area contributed by atoms with Crippen LogP contribution in [0.2, 0.25) is 0 Å². The summed E-state index contributed by atoms with van der Waals surface area (Å²) in [6, 6.07) is 8.60. The Balaban J connectivity index is 2.07. The van der Waals surface area contributed by atoms with E-state index in [1.807, 2.05) is 4.90 Å². The van der Waals surface area contributed by atoms with E-state index in [1.165, 1.54) is 5.56 Å². The standard InChI is InChI=1S/C16H24N2O/c1-4-12(3)18-10-14(9-15(18)19)16(17)13-7-5-11(2)6-8-13/h5-8,12,14,16H,4,9-10,17H2,1-3H3. The molecular weight excluding hydrogens is 236 g/mol. The number of amides is 1. The number of carbonyl (C=O) groups excluding carboxylic acids is 1. The van der Waals surface area contributed by atoms with Gasteiger partial charge in [-0.1, -0.05) is 36.8 Å². The molecule has 3 unspecified atom stereocenters. The fourth-order valence-corrected chi connectivity index (χ4v) is 2.71. The Labute approximate surface area is 115 Å². The molecule has 19 heavy (non-hydrogen) atoms. The van der Waals surface area contributed by atoms with Crippen molar-refractivity contribution in [3.05, 3.63) is 35.4 Å². The number of carbonyl (C=O) groups is 1. The minimum atomic E-state index is -0.0430. The molecule has 3 nitrogen and oxygen atoms in total. The maximum atomic E-state index is 12.0. The van der Waals surface area contributed by atoms with Crippen LogP contribution in [0.5, 0.6) is 0 Å². The molecule has 3 atom stereocenters. The van der Waals surface area contributed by atoms with Gasteiger partial charge in [0.15, 0.2) is 0 Å². The third kappa shape index (κ3) is 2.98. The Hall–Kier alpha value is -1.35. The van der Waals surface area contributed by atoms with Crippen LogP contribution >= 0.6 is 0 Å². The molecule has 2 N–H and O–H groups in total. The van der Waals surface area contributed by atoms with E-state index in [1.54, 1.807) is 0 Å². The van der Waals surface area contributed by atoms with Crippen molar-refractivity contribution in [2.24, 2.45) is 11.7 Å². The Bertz CT molecular complexity index is 441. The second-order valence-corrected chi connectivity index (χ2v) is 5.70. The fourth-order valence-electron chi connectivity index (χ4n) is 2.71. The minimum absolute atomic E-state index is 0.0430. The topological polar surface area (TPSA) is 46.3 Å². The lowest BCUT2D eigenvalue weighted by Crippen LogP contribution is -2.34. The van der Waals surface area contributed by atoms with Gasteiger partial charge in [0.1, 0.15) is 0 Å². The summed E-state index contributed by atoms with van der Waals surface area (Å²) in [6.07, 6.45) is 1.58. The second kappa shape index (κ2) is 5.74. The number of nitrogens with zero attached hydrogens (tertiary/aromatic N) is 1. The average Bonchev–Trinajstić information content (AvgIpc) is 2.80. The van der Waals surface area contributed by atoms with E-state index in [0.29, 0.717) is 12.5 Å². The molecule has 1 heterocycles. The number of aryl methyl sites for hydroxylation is 1. The van der Waals surface area contributed by atoms with Crippen molar-refractivity contribution in [3.63, 3.8) is 0 Å². The van der Waals surface area contributed by atoms with Gasteiger partial charge in [0.2, 0.25) is 5.91 Å². The van der Waals surface area contributed by atoms with Gasteiger partial charge in [0.05, 0.1) is 0 Å². The van der Waals surface area contributed by atoms with Crippen LogP contribution in [0, 0.1) is 12.8 Å². The van der Waals surface area contributed by atoms with Gasteiger partial charge in [0, 0.05) is 31.0 Å². The van der Waals surface area contributed by atoms with Crippen molar-refractivity contribution in [1.29, 1.82) is 0 Å². The summed E-state index contributed by atoms with van der Waals surface area (Å²) < 4.78 is 0. The molecule has 1 amide bonds. The molecule has 104 valence electrons. The third-order valence-electron chi connectivity index (χ3n) is 4.28. The first-order valence-electron chi connectivity index (χ1n) is 7.14. The van der Waals surface area contributed by atoms with Crippen molar-refractivity contribution in [1.82, 2.24) is 4.90 Å². The normalized spacial score (nSPS) is 22.6. The smallest absolute Gasteiger partial charge is 0.223 e. The van der Waals surface area contributed by atoms with Crippen molar-refractivity contribution in [3.8, 4) is 0 Å². The summed E-state index contributed by atoms with van der Waals surface area (Å²) in [6.45, 7) is 7.09. The van der Waals surface area contributed by atoms with Crippen LogP contribution in [0.15, 0.2) is 24.3 Å². The highest BCUT2D eigenvalue weighted by Gasteiger charge is 2.35. The van der Waals surface area contributed by atoms with E-state index in [9.17, 15) is 4.79 Å². The Morgan fingerprint density at radius 3 is 2.58 bits per heavy atom. The zero-order chi connectivity index (χ0) is 14.0. The van der Waals surface area contributed by atoms with E-state index in [2.05, 4.69) is 45.0 Å². The van der Waals surface area contributed by atoms with E-state index in [4.69, 9.17) is 5.73 Å². The van der Waals surface area contributed by atoms with Gasteiger partial charge in [-0.3, -0.25) is 4.79 Å². The number of likely N-dealkylation sites (tertiary alicyclic amines) is 1. The summed E-state index contributed by atoms with van der Waals surface area (Å²) in [5.41, 5.74) is 8.71. The Kier molecular flexibility index (Phi) is 4.25. The number of benzene rings is 1. The first kappa shape index (κ1) is 14.1. The molecule has 0 spiro atoms. The monoisotopic (exact) mass is 260 g/mol. The van der Waals surface area contributed by atoms with Crippen molar-refractivity contribution in [2.75, 3.05) is 6.54 Å². The average molecular weight is 260 g/mol. The first-order chi connectivity index (χ1) is 9.02. The van der Waals surface area contributed by atoms with Gasteiger partial charge in [0.25, 0.3) is 0 Å². The lowest BCUT2D eigenvalue weighted by Gasteiger charge is -2.25. The lowest BCUT2D eigenvalue weighted by atomic mass is 9.92. The minimum Gasteiger partial charge on any atom is -0.340 e. The molecule has 1 aliphatic rings. The Morgan fingerprint density at radius 1 is 1.37 bits per heavy atom. The first-order valence-corrected chi connectivity index (χ1v) is 7.14.